The van der Waals surface area contributed by atoms with Gasteiger partial charge in [0.05, 0.1) is 17.2 Å². The van der Waals surface area contributed by atoms with Crippen LogP contribution < -0.4 is 14.8 Å². The number of amides is 1. The van der Waals surface area contributed by atoms with Gasteiger partial charge in [-0.3, -0.25) is 4.79 Å². The number of para-hydroxylation sites is 2. The van der Waals surface area contributed by atoms with Crippen molar-refractivity contribution in [2.45, 2.75) is 37.1 Å². The summed E-state index contributed by atoms with van der Waals surface area (Å²) in [5.41, 5.74) is 0.823. The fourth-order valence-corrected chi connectivity index (χ4v) is 3.75. The Morgan fingerprint density at radius 1 is 1.15 bits per heavy atom. The van der Waals surface area contributed by atoms with Gasteiger partial charge in [0.1, 0.15) is 5.75 Å². The Morgan fingerprint density at radius 3 is 2.65 bits per heavy atom. The van der Waals surface area contributed by atoms with E-state index in [-0.39, 0.29) is 22.4 Å². The van der Waals surface area contributed by atoms with Crippen molar-refractivity contribution in [2.75, 3.05) is 11.9 Å². The minimum Gasteiger partial charge on any atom is -0.491 e. The van der Waals surface area contributed by atoms with E-state index in [0.29, 0.717) is 18.0 Å². The van der Waals surface area contributed by atoms with E-state index in [0.717, 1.165) is 19.3 Å². The molecule has 26 heavy (non-hydrogen) atoms. The maximum Gasteiger partial charge on any atom is 0.255 e. The number of carbonyl (C=O) groups excluding carboxylic acids is 1. The number of ether oxygens (including phenoxy) is 1. The van der Waals surface area contributed by atoms with Crippen LogP contribution in [0.1, 0.15) is 36.5 Å². The van der Waals surface area contributed by atoms with Crippen LogP contribution in [-0.2, 0) is 10.0 Å². The lowest BCUT2D eigenvalue weighted by Crippen LogP contribution is -2.26. The maximum atomic E-state index is 12.6. The van der Waals surface area contributed by atoms with Gasteiger partial charge in [0.25, 0.3) is 5.91 Å². The van der Waals surface area contributed by atoms with E-state index >= 15 is 0 Å². The summed E-state index contributed by atoms with van der Waals surface area (Å²) < 4.78 is 32.9. The molecule has 7 heteroatoms. The molecule has 3 rings (SSSR count). The van der Waals surface area contributed by atoms with Gasteiger partial charge in [0.15, 0.2) is 0 Å². The van der Waals surface area contributed by atoms with E-state index in [2.05, 4.69) is 10.0 Å². The Balaban J connectivity index is 1.77. The second-order valence-corrected chi connectivity index (χ2v) is 7.94. The summed E-state index contributed by atoms with van der Waals surface area (Å²) in [6.07, 6.45) is 2.57. The standard InChI is InChI=1S/C19H22N2O4S/c1-2-12-25-18-9-4-3-8-17(18)20-19(22)14-6-5-7-16(13-14)26(23,24)21-15-10-11-15/h3-9,13,15,21H,2,10-12H2,1H3,(H,20,22). The third-order valence-corrected chi connectivity index (χ3v) is 5.42. The normalized spacial score (nSPS) is 14.0. The van der Waals surface area contributed by atoms with Crippen LogP contribution in [0.4, 0.5) is 5.69 Å². The highest BCUT2D eigenvalue weighted by Crippen LogP contribution is 2.25. The number of rotatable bonds is 8. The quantitative estimate of drug-likeness (QED) is 0.743. The topological polar surface area (TPSA) is 84.5 Å². The first-order valence-electron chi connectivity index (χ1n) is 8.65. The van der Waals surface area contributed by atoms with Gasteiger partial charge < -0.3 is 10.1 Å². The largest absolute Gasteiger partial charge is 0.491 e. The van der Waals surface area contributed by atoms with E-state index in [1.165, 1.54) is 12.1 Å². The summed E-state index contributed by atoms with van der Waals surface area (Å²) in [7, 11) is -3.60. The van der Waals surface area contributed by atoms with Gasteiger partial charge in [0, 0.05) is 11.6 Å². The molecule has 0 heterocycles. The summed E-state index contributed by atoms with van der Waals surface area (Å²) in [5, 5.41) is 2.79. The summed E-state index contributed by atoms with van der Waals surface area (Å²) in [5.74, 6) is 0.197. The molecule has 1 fully saturated rings. The highest BCUT2D eigenvalue weighted by molar-refractivity contribution is 7.89. The van der Waals surface area contributed by atoms with Crippen molar-refractivity contribution in [3.8, 4) is 5.75 Å². The van der Waals surface area contributed by atoms with Crippen LogP contribution in [0.15, 0.2) is 53.4 Å². The van der Waals surface area contributed by atoms with Crippen LogP contribution >= 0.6 is 0 Å². The highest BCUT2D eigenvalue weighted by atomic mass is 32.2. The summed E-state index contributed by atoms with van der Waals surface area (Å²) in [6.45, 7) is 2.55. The molecule has 1 amide bonds. The first-order chi connectivity index (χ1) is 12.5. The van der Waals surface area contributed by atoms with Gasteiger partial charge in [-0.15, -0.1) is 0 Å². The Hall–Kier alpha value is -2.38. The van der Waals surface area contributed by atoms with Gasteiger partial charge in [-0.05, 0) is 49.6 Å². The zero-order chi connectivity index (χ0) is 18.6. The van der Waals surface area contributed by atoms with Crippen molar-refractivity contribution < 1.29 is 17.9 Å². The fraction of sp³-hybridized carbons (Fsp3) is 0.316. The van der Waals surface area contributed by atoms with Crippen LogP contribution in [0, 0.1) is 0 Å². The maximum absolute atomic E-state index is 12.6. The minimum absolute atomic E-state index is 0.0140. The number of nitrogens with one attached hydrogen (secondary N) is 2. The molecule has 0 unspecified atom stereocenters. The molecule has 0 bridgehead atoms. The molecule has 0 aromatic heterocycles. The van der Waals surface area contributed by atoms with E-state index in [1.54, 1.807) is 30.3 Å². The molecule has 2 aromatic carbocycles. The molecule has 0 spiro atoms. The third kappa shape index (κ3) is 4.62. The first-order valence-corrected chi connectivity index (χ1v) is 10.1. The van der Waals surface area contributed by atoms with E-state index < -0.39 is 10.0 Å². The van der Waals surface area contributed by atoms with Crippen molar-refractivity contribution in [3.05, 3.63) is 54.1 Å². The molecule has 2 aromatic rings. The van der Waals surface area contributed by atoms with Gasteiger partial charge in [-0.25, -0.2) is 13.1 Å². The van der Waals surface area contributed by atoms with Crippen molar-refractivity contribution in [1.29, 1.82) is 0 Å². The molecule has 0 saturated heterocycles. The lowest BCUT2D eigenvalue weighted by atomic mass is 10.2. The predicted molar refractivity (Wildman–Crippen MR) is 100.0 cm³/mol. The summed E-state index contributed by atoms with van der Waals surface area (Å²) >= 11 is 0. The molecule has 0 aliphatic heterocycles. The second-order valence-electron chi connectivity index (χ2n) is 6.22. The average Bonchev–Trinajstić information content (AvgIpc) is 3.44. The zero-order valence-electron chi connectivity index (χ0n) is 14.6. The van der Waals surface area contributed by atoms with E-state index in [9.17, 15) is 13.2 Å². The Labute approximate surface area is 153 Å². The number of anilines is 1. The Kier molecular flexibility index (Phi) is 5.58. The van der Waals surface area contributed by atoms with Gasteiger partial charge in [0.2, 0.25) is 10.0 Å². The number of benzene rings is 2. The van der Waals surface area contributed by atoms with Crippen LogP contribution in [-0.4, -0.2) is 27.0 Å². The lowest BCUT2D eigenvalue weighted by molar-refractivity contribution is 0.102. The SMILES string of the molecule is CCCOc1ccccc1NC(=O)c1cccc(S(=O)(=O)NC2CC2)c1. The summed E-state index contributed by atoms with van der Waals surface area (Å²) in [4.78, 5) is 12.7. The number of hydrogen-bond acceptors (Lipinski definition) is 4. The number of sulfonamides is 1. The molecule has 2 N–H and O–H groups in total. The molecule has 1 saturated carbocycles. The van der Waals surface area contributed by atoms with Crippen molar-refractivity contribution >= 4 is 21.6 Å². The number of hydrogen-bond donors (Lipinski definition) is 2. The van der Waals surface area contributed by atoms with Crippen molar-refractivity contribution in [1.82, 2.24) is 4.72 Å². The Bertz CT molecular complexity index is 892. The molecule has 6 nitrogen and oxygen atoms in total. The van der Waals surface area contributed by atoms with Crippen LogP contribution in [0.5, 0.6) is 5.75 Å². The van der Waals surface area contributed by atoms with Crippen molar-refractivity contribution in [3.63, 3.8) is 0 Å². The molecular formula is C19H22N2O4S. The van der Waals surface area contributed by atoms with Gasteiger partial charge >= 0.3 is 0 Å². The van der Waals surface area contributed by atoms with Crippen LogP contribution in [0.3, 0.4) is 0 Å². The zero-order valence-corrected chi connectivity index (χ0v) is 15.4. The molecular weight excluding hydrogens is 352 g/mol. The van der Waals surface area contributed by atoms with Gasteiger partial charge in [-0.2, -0.15) is 0 Å². The average molecular weight is 374 g/mol. The van der Waals surface area contributed by atoms with Gasteiger partial charge in [-0.1, -0.05) is 25.1 Å². The summed E-state index contributed by atoms with van der Waals surface area (Å²) in [6, 6.07) is 13.2. The van der Waals surface area contributed by atoms with Crippen molar-refractivity contribution in [2.24, 2.45) is 0 Å². The van der Waals surface area contributed by atoms with Crippen LogP contribution in [0.2, 0.25) is 0 Å². The van der Waals surface area contributed by atoms with E-state index in [4.69, 9.17) is 4.74 Å². The fourth-order valence-electron chi connectivity index (χ4n) is 2.40. The minimum atomic E-state index is -3.60. The first kappa shape index (κ1) is 18.4. The Morgan fingerprint density at radius 2 is 1.92 bits per heavy atom. The molecule has 1 aliphatic rings. The molecule has 138 valence electrons. The molecule has 0 radical (unpaired) electrons. The smallest absolute Gasteiger partial charge is 0.255 e. The molecule has 1 aliphatic carbocycles. The predicted octanol–water partition coefficient (Wildman–Crippen LogP) is 3.17. The van der Waals surface area contributed by atoms with E-state index in [1.807, 2.05) is 13.0 Å². The monoisotopic (exact) mass is 374 g/mol. The van der Waals surface area contributed by atoms with Crippen LogP contribution in [0.25, 0.3) is 0 Å². The lowest BCUT2D eigenvalue weighted by Gasteiger charge is -2.12. The highest BCUT2D eigenvalue weighted by Gasteiger charge is 2.28. The third-order valence-electron chi connectivity index (χ3n) is 3.90. The number of carbonyl (C=O) groups is 1. The molecule has 0 atom stereocenters. The second kappa shape index (κ2) is 7.88.